The predicted molar refractivity (Wildman–Crippen MR) is 83.9 cm³/mol. The average Bonchev–Trinajstić information content (AvgIpc) is 2.47. The van der Waals surface area contributed by atoms with E-state index in [0.29, 0.717) is 18.9 Å². The first-order chi connectivity index (χ1) is 10.3. The third-order valence-corrected chi connectivity index (χ3v) is 4.15. The van der Waals surface area contributed by atoms with Crippen LogP contribution >= 0.6 is 0 Å². The fourth-order valence-corrected chi connectivity index (χ4v) is 2.74. The van der Waals surface area contributed by atoms with Crippen LogP contribution in [0.2, 0.25) is 0 Å². The maximum atomic E-state index is 12.4. The van der Waals surface area contributed by atoms with Crippen molar-refractivity contribution in [3.05, 3.63) is 65.7 Å². The van der Waals surface area contributed by atoms with Crippen molar-refractivity contribution in [2.45, 2.75) is 31.6 Å². The highest BCUT2D eigenvalue weighted by Gasteiger charge is 2.23. The van der Waals surface area contributed by atoms with Gasteiger partial charge in [-0.3, -0.25) is 4.79 Å². The number of carbonyl (C=O) groups excluding carboxylic acids is 1. The van der Waals surface area contributed by atoms with Gasteiger partial charge in [-0.1, -0.05) is 48.9 Å². The number of ether oxygens (including phenoxy) is 1. The third kappa shape index (κ3) is 3.33. The van der Waals surface area contributed by atoms with Gasteiger partial charge in [0.2, 0.25) is 0 Å². The first-order valence-corrected chi connectivity index (χ1v) is 7.64. The monoisotopic (exact) mass is 280 g/mol. The molecule has 21 heavy (non-hydrogen) atoms. The summed E-state index contributed by atoms with van der Waals surface area (Å²) in [7, 11) is 0. The zero-order chi connectivity index (χ0) is 14.5. The van der Waals surface area contributed by atoms with Gasteiger partial charge in [0.1, 0.15) is 5.75 Å². The van der Waals surface area contributed by atoms with Gasteiger partial charge in [-0.25, -0.2) is 0 Å². The standard InChI is InChI=1S/C19H20O2/c20-19(13-14-21-16-9-2-1-3-10-16)18-12-5-4-11-17(18)15-7-6-8-15/h1-5,9-12,15H,6-8,13-14H2. The van der Waals surface area contributed by atoms with Crippen LogP contribution < -0.4 is 4.74 Å². The highest BCUT2D eigenvalue weighted by atomic mass is 16.5. The Bertz CT molecular complexity index is 600. The topological polar surface area (TPSA) is 26.3 Å². The molecule has 0 spiro atoms. The lowest BCUT2D eigenvalue weighted by atomic mass is 9.77. The van der Waals surface area contributed by atoms with E-state index in [1.807, 2.05) is 48.5 Å². The Morgan fingerprint density at radius 2 is 1.71 bits per heavy atom. The van der Waals surface area contributed by atoms with Crippen molar-refractivity contribution < 1.29 is 9.53 Å². The van der Waals surface area contributed by atoms with Gasteiger partial charge in [0.05, 0.1) is 6.61 Å². The maximum Gasteiger partial charge on any atom is 0.166 e. The number of benzene rings is 2. The number of Topliss-reactive ketones (excluding diaryl/α,β-unsaturated/α-hetero) is 1. The molecule has 1 fully saturated rings. The average molecular weight is 280 g/mol. The molecule has 1 aliphatic carbocycles. The Morgan fingerprint density at radius 3 is 2.43 bits per heavy atom. The Balaban J connectivity index is 1.60. The quantitative estimate of drug-likeness (QED) is 0.722. The highest BCUT2D eigenvalue weighted by molar-refractivity contribution is 5.97. The molecule has 0 radical (unpaired) electrons. The molecule has 2 aromatic carbocycles. The van der Waals surface area contributed by atoms with Crippen molar-refractivity contribution in [1.29, 1.82) is 0 Å². The minimum Gasteiger partial charge on any atom is -0.493 e. The van der Waals surface area contributed by atoms with Gasteiger partial charge in [-0.2, -0.15) is 0 Å². The van der Waals surface area contributed by atoms with Crippen molar-refractivity contribution >= 4 is 5.78 Å². The largest absolute Gasteiger partial charge is 0.493 e. The number of rotatable bonds is 6. The lowest BCUT2D eigenvalue weighted by Crippen LogP contribution is -2.15. The van der Waals surface area contributed by atoms with Gasteiger partial charge >= 0.3 is 0 Å². The van der Waals surface area contributed by atoms with E-state index in [1.54, 1.807) is 0 Å². The van der Waals surface area contributed by atoms with Gasteiger partial charge in [0, 0.05) is 12.0 Å². The Kier molecular flexibility index (Phi) is 4.34. The van der Waals surface area contributed by atoms with Crippen molar-refractivity contribution in [2.24, 2.45) is 0 Å². The molecule has 108 valence electrons. The molecule has 0 aromatic heterocycles. The molecule has 2 aromatic rings. The van der Waals surface area contributed by atoms with E-state index in [-0.39, 0.29) is 5.78 Å². The lowest BCUT2D eigenvalue weighted by Gasteiger charge is -2.27. The number of para-hydroxylation sites is 1. The summed E-state index contributed by atoms with van der Waals surface area (Å²) in [5.41, 5.74) is 2.12. The van der Waals surface area contributed by atoms with Crippen LogP contribution in [0.5, 0.6) is 5.75 Å². The molecule has 1 saturated carbocycles. The molecular formula is C19H20O2. The van der Waals surface area contributed by atoms with Gasteiger partial charge in [0.25, 0.3) is 0 Å². The number of ketones is 1. The van der Waals surface area contributed by atoms with Crippen molar-refractivity contribution in [1.82, 2.24) is 0 Å². The molecule has 0 atom stereocenters. The Morgan fingerprint density at radius 1 is 1.00 bits per heavy atom. The summed E-state index contributed by atoms with van der Waals surface area (Å²) >= 11 is 0. The molecule has 0 N–H and O–H groups in total. The Labute approximate surface area is 125 Å². The van der Waals surface area contributed by atoms with E-state index in [4.69, 9.17) is 4.74 Å². The van der Waals surface area contributed by atoms with E-state index in [2.05, 4.69) is 6.07 Å². The van der Waals surface area contributed by atoms with E-state index in [1.165, 1.54) is 24.8 Å². The number of hydrogen-bond acceptors (Lipinski definition) is 2. The maximum absolute atomic E-state index is 12.4. The predicted octanol–water partition coefficient (Wildman–Crippen LogP) is 4.61. The van der Waals surface area contributed by atoms with E-state index >= 15 is 0 Å². The zero-order valence-corrected chi connectivity index (χ0v) is 12.1. The molecule has 0 saturated heterocycles. The zero-order valence-electron chi connectivity index (χ0n) is 12.1. The van der Waals surface area contributed by atoms with Gasteiger partial charge in [-0.15, -0.1) is 0 Å². The van der Waals surface area contributed by atoms with Crippen molar-refractivity contribution in [3.63, 3.8) is 0 Å². The Hall–Kier alpha value is -2.09. The summed E-state index contributed by atoms with van der Waals surface area (Å²) in [6, 6.07) is 17.7. The molecular weight excluding hydrogens is 260 g/mol. The molecule has 1 aliphatic rings. The van der Waals surface area contributed by atoms with Crippen LogP contribution in [0.25, 0.3) is 0 Å². The SMILES string of the molecule is O=C(CCOc1ccccc1)c1ccccc1C1CCC1. The fraction of sp³-hybridized carbons (Fsp3) is 0.316. The molecule has 0 aliphatic heterocycles. The van der Waals surface area contributed by atoms with E-state index < -0.39 is 0 Å². The van der Waals surface area contributed by atoms with Crippen LogP contribution in [-0.2, 0) is 0 Å². The summed E-state index contributed by atoms with van der Waals surface area (Å²) in [6.45, 7) is 0.432. The van der Waals surface area contributed by atoms with E-state index in [0.717, 1.165) is 11.3 Å². The van der Waals surface area contributed by atoms with Crippen LogP contribution in [0.1, 0.15) is 47.5 Å². The summed E-state index contributed by atoms with van der Waals surface area (Å²) < 4.78 is 5.62. The molecule has 2 heteroatoms. The van der Waals surface area contributed by atoms with Crippen molar-refractivity contribution in [2.75, 3.05) is 6.61 Å². The summed E-state index contributed by atoms with van der Waals surface area (Å²) in [4.78, 5) is 12.4. The second-order valence-electron chi connectivity index (χ2n) is 5.55. The van der Waals surface area contributed by atoms with Crippen molar-refractivity contribution in [3.8, 4) is 5.75 Å². The number of hydrogen-bond donors (Lipinski definition) is 0. The first-order valence-electron chi connectivity index (χ1n) is 7.64. The molecule has 0 heterocycles. The molecule has 0 amide bonds. The summed E-state index contributed by atoms with van der Waals surface area (Å²) in [5.74, 6) is 1.59. The van der Waals surface area contributed by atoms with Crippen LogP contribution in [0.4, 0.5) is 0 Å². The van der Waals surface area contributed by atoms with Gasteiger partial charge in [-0.05, 0) is 36.5 Å². The second-order valence-corrected chi connectivity index (χ2v) is 5.55. The minimum absolute atomic E-state index is 0.188. The second kappa shape index (κ2) is 6.57. The van der Waals surface area contributed by atoms with E-state index in [9.17, 15) is 4.79 Å². The summed E-state index contributed by atoms with van der Waals surface area (Å²) in [6.07, 6.45) is 4.14. The van der Waals surface area contributed by atoms with Gasteiger partial charge in [0.15, 0.2) is 5.78 Å². The normalized spacial score (nSPS) is 14.5. The third-order valence-electron chi connectivity index (χ3n) is 4.15. The van der Waals surface area contributed by atoms with Crippen LogP contribution in [0, 0.1) is 0 Å². The smallest absolute Gasteiger partial charge is 0.166 e. The number of carbonyl (C=O) groups is 1. The van der Waals surface area contributed by atoms with Crippen LogP contribution in [0.3, 0.4) is 0 Å². The highest BCUT2D eigenvalue weighted by Crippen LogP contribution is 2.38. The molecule has 0 unspecified atom stereocenters. The fourth-order valence-electron chi connectivity index (χ4n) is 2.74. The first kappa shape index (κ1) is 13.9. The summed E-state index contributed by atoms with van der Waals surface area (Å²) in [5, 5.41) is 0. The molecule has 0 bridgehead atoms. The minimum atomic E-state index is 0.188. The van der Waals surface area contributed by atoms with Crippen LogP contribution in [-0.4, -0.2) is 12.4 Å². The lowest BCUT2D eigenvalue weighted by molar-refractivity contribution is 0.0960. The molecule has 2 nitrogen and oxygen atoms in total. The van der Waals surface area contributed by atoms with Gasteiger partial charge < -0.3 is 4.74 Å². The molecule has 3 rings (SSSR count). The van der Waals surface area contributed by atoms with Crippen LogP contribution in [0.15, 0.2) is 54.6 Å².